The Bertz CT molecular complexity index is 490. The Kier molecular flexibility index (Phi) is 10.8. The van der Waals surface area contributed by atoms with E-state index in [-0.39, 0.29) is 0 Å². The van der Waals surface area contributed by atoms with Crippen LogP contribution < -0.4 is 0 Å². The first-order chi connectivity index (χ1) is 12.7. The Hall–Kier alpha value is 0.0769. The van der Waals surface area contributed by atoms with Crippen molar-refractivity contribution in [1.82, 2.24) is 0 Å². The minimum absolute atomic E-state index is 0.791. The number of fused-ring (bicyclic) bond motifs is 1. The summed E-state index contributed by atoms with van der Waals surface area (Å²) in [5, 5.41) is 3.04. The molecule has 0 bridgehead atoms. The van der Waals surface area contributed by atoms with Crippen molar-refractivity contribution in [2.24, 2.45) is 0 Å². The van der Waals surface area contributed by atoms with Gasteiger partial charge in [-0.1, -0.05) is 0 Å². The van der Waals surface area contributed by atoms with Crippen molar-refractivity contribution in [1.29, 1.82) is 0 Å². The zero-order valence-corrected chi connectivity index (χ0v) is 21.3. The van der Waals surface area contributed by atoms with Gasteiger partial charge in [-0.15, -0.1) is 0 Å². The van der Waals surface area contributed by atoms with E-state index in [1.807, 2.05) is 0 Å². The van der Waals surface area contributed by atoms with E-state index in [1.165, 1.54) is 61.8 Å². The van der Waals surface area contributed by atoms with Gasteiger partial charge in [0.05, 0.1) is 0 Å². The van der Waals surface area contributed by atoms with Crippen molar-refractivity contribution in [3.05, 3.63) is 47.5 Å². The first-order valence-corrected chi connectivity index (χ1v) is 19.4. The fourth-order valence-corrected chi connectivity index (χ4v) is 12.9. The average molecular weight is 478 g/mol. The summed E-state index contributed by atoms with van der Waals surface area (Å²) in [6.45, 7) is 4.63. The molecule has 0 N–H and O–H groups in total. The van der Waals surface area contributed by atoms with Gasteiger partial charge in [-0.3, -0.25) is 0 Å². The van der Waals surface area contributed by atoms with Gasteiger partial charge >= 0.3 is 173 Å². The van der Waals surface area contributed by atoms with Crippen LogP contribution in [0, 0.1) is 0 Å². The summed E-state index contributed by atoms with van der Waals surface area (Å²) >= 11 is -1.60. The second kappa shape index (κ2) is 12.5. The zero-order valence-electron chi connectivity index (χ0n) is 17.6. The van der Waals surface area contributed by atoms with Gasteiger partial charge < -0.3 is 0 Å². The number of allylic oxidation sites excluding steroid dienone is 2. The van der Waals surface area contributed by atoms with Crippen molar-refractivity contribution in [3.8, 4) is 0 Å². The number of benzene rings is 1. The first-order valence-electron chi connectivity index (χ1n) is 10.9. The molecule has 2 rings (SSSR count). The molecular formula is C24H40As2+2. The molecular weight excluding hydrogens is 438 g/mol. The van der Waals surface area contributed by atoms with Gasteiger partial charge in [0.25, 0.3) is 0 Å². The molecule has 0 nitrogen and oxygen atoms in total. The Morgan fingerprint density at radius 1 is 0.654 bits per heavy atom. The van der Waals surface area contributed by atoms with Gasteiger partial charge in [0.15, 0.2) is 0 Å². The van der Waals surface area contributed by atoms with Crippen LogP contribution in [0.5, 0.6) is 0 Å². The summed E-state index contributed by atoms with van der Waals surface area (Å²) in [7, 11) is 0. The molecule has 2 heteroatoms. The molecule has 0 saturated heterocycles. The van der Waals surface area contributed by atoms with Crippen LogP contribution in [0.4, 0.5) is 0 Å². The fraction of sp³-hybridized carbons (Fsp3) is 0.667. The third-order valence-corrected chi connectivity index (χ3v) is 15.9. The van der Waals surface area contributed by atoms with Crippen LogP contribution in [0.3, 0.4) is 0 Å². The topological polar surface area (TPSA) is 0 Å². The molecule has 0 fully saturated rings. The first kappa shape index (κ1) is 22.4. The average Bonchev–Trinajstić information content (AvgIpc) is 2.67. The molecule has 0 aromatic heterocycles. The van der Waals surface area contributed by atoms with Crippen LogP contribution in [-0.2, 0) is 0 Å². The summed E-state index contributed by atoms with van der Waals surface area (Å²) in [5.41, 5.74) is 8.68. The van der Waals surface area contributed by atoms with Crippen molar-refractivity contribution in [3.63, 3.8) is 0 Å². The summed E-state index contributed by atoms with van der Waals surface area (Å²) in [4.78, 5) is 0. The van der Waals surface area contributed by atoms with E-state index >= 15 is 0 Å². The van der Waals surface area contributed by atoms with Crippen LogP contribution in [0.1, 0.15) is 85.8 Å². The quantitative estimate of drug-likeness (QED) is 0.163. The Balaban J connectivity index is 2.01. The van der Waals surface area contributed by atoms with E-state index in [0.717, 1.165) is 9.41 Å². The van der Waals surface area contributed by atoms with E-state index in [1.54, 1.807) is 11.1 Å². The van der Waals surface area contributed by atoms with Gasteiger partial charge in [-0.2, -0.15) is 0 Å². The molecule has 0 heterocycles. The minimum atomic E-state index is -0.799. The molecule has 4 unspecified atom stereocenters. The van der Waals surface area contributed by atoms with Crippen LogP contribution >= 0.6 is 0 Å². The van der Waals surface area contributed by atoms with Crippen molar-refractivity contribution < 1.29 is 0 Å². The van der Waals surface area contributed by atoms with Crippen LogP contribution in [0.25, 0.3) is 0 Å². The van der Waals surface area contributed by atoms with Gasteiger partial charge in [0, 0.05) is 0 Å². The normalized spacial score (nSPS) is 21.4. The van der Waals surface area contributed by atoms with Crippen molar-refractivity contribution >= 4 is 29.3 Å². The van der Waals surface area contributed by atoms with Crippen LogP contribution in [-0.4, -0.2) is 29.3 Å². The van der Waals surface area contributed by atoms with E-state index in [0.29, 0.717) is 0 Å². The number of hydrogen-bond acceptors (Lipinski definition) is 0. The van der Waals surface area contributed by atoms with Crippen molar-refractivity contribution in [2.75, 3.05) is 0 Å². The maximum absolute atomic E-state index is 2.66. The molecule has 0 saturated carbocycles. The fourth-order valence-electron chi connectivity index (χ4n) is 4.09. The van der Waals surface area contributed by atoms with Gasteiger partial charge in [-0.05, 0) is 0 Å². The molecule has 1 aromatic rings. The second-order valence-electron chi connectivity index (χ2n) is 7.99. The number of rotatable bonds is 12. The molecule has 1 aliphatic carbocycles. The predicted molar refractivity (Wildman–Crippen MR) is 122 cm³/mol. The summed E-state index contributed by atoms with van der Waals surface area (Å²) in [6, 6.07) is 9.51. The third-order valence-electron chi connectivity index (χ3n) is 5.79. The van der Waals surface area contributed by atoms with Crippen LogP contribution in [0.2, 0.25) is 21.8 Å². The number of hydrogen-bond donors (Lipinski definition) is 0. The summed E-state index contributed by atoms with van der Waals surface area (Å²) in [6.07, 6.45) is 16.7. The molecule has 1 aliphatic rings. The standard InChI is InChI=1S/C24H40As2/c1-5-7-9-13-19-25(3)23-17-18-24(22-16-12-11-15-21(22)23)26(4)20-14-10-8-6-2/h11-12,15-18,23-24H,5-10,13-14,19-20H2,1-4H3/q+2. The van der Waals surface area contributed by atoms with E-state index in [4.69, 9.17) is 0 Å². The third kappa shape index (κ3) is 6.60. The van der Waals surface area contributed by atoms with Crippen molar-refractivity contribution in [2.45, 2.75) is 96.5 Å². The Morgan fingerprint density at radius 2 is 1.08 bits per heavy atom. The van der Waals surface area contributed by atoms with Gasteiger partial charge in [0.1, 0.15) is 0 Å². The van der Waals surface area contributed by atoms with Crippen LogP contribution in [0.15, 0.2) is 36.4 Å². The van der Waals surface area contributed by atoms with E-state index in [9.17, 15) is 0 Å². The SMILES string of the molecule is CCCCCC[As+](C)C1C=CC([As+](C)CCCCCC)c2ccccc21. The maximum atomic E-state index is 2.66. The summed E-state index contributed by atoms with van der Waals surface area (Å²) < 4.78 is 1.58. The molecule has 0 spiro atoms. The van der Waals surface area contributed by atoms with Gasteiger partial charge in [0.2, 0.25) is 0 Å². The molecule has 144 valence electrons. The van der Waals surface area contributed by atoms with E-state index in [2.05, 4.69) is 61.7 Å². The molecule has 1 aromatic carbocycles. The zero-order chi connectivity index (χ0) is 18.8. The Labute approximate surface area is 172 Å². The predicted octanol–water partition coefficient (Wildman–Crippen LogP) is 7.91. The summed E-state index contributed by atoms with van der Waals surface area (Å²) in [5.74, 6) is 0. The molecule has 26 heavy (non-hydrogen) atoms. The molecule has 4 atom stereocenters. The van der Waals surface area contributed by atoms with Gasteiger partial charge in [-0.25, -0.2) is 0 Å². The second-order valence-corrected chi connectivity index (χ2v) is 18.6. The monoisotopic (exact) mass is 478 g/mol. The number of unbranched alkanes of at least 4 members (excludes halogenated alkanes) is 6. The van der Waals surface area contributed by atoms with E-state index < -0.39 is 29.3 Å². The molecule has 0 aliphatic heterocycles. The molecule has 0 amide bonds. The Morgan fingerprint density at radius 3 is 1.46 bits per heavy atom. The molecule has 2 radical (unpaired) electrons.